The molecule has 0 radical (unpaired) electrons. The van der Waals surface area contributed by atoms with Gasteiger partial charge in [-0.1, -0.05) is 36.4 Å². The first-order chi connectivity index (χ1) is 17.1. The third-order valence-electron chi connectivity index (χ3n) is 5.69. The predicted octanol–water partition coefficient (Wildman–Crippen LogP) is 5.32. The first kappa shape index (κ1) is 24.6. The smallest absolute Gasteiger partial charge is 0.338 e. The minimum absolute atomic E-state index is 0.140. The molecule has 0 unspecified atom stereocenters. The van der Waals surface area contributed by atoms with E-state index in [1.807, 2.05) is 30.3 Å². The van der Waals surface area contributed by atoms with Crippen molar-refractivity contribution < 1.29 is 19.6 Å². The third-order valence-corrected chi connectivity index (χ3v) is 5.69. The molecule has 36 heavy (non-hydrogen) atoms. The number of rotatable bonds is 7. The van der Waals surface area contributed by atoms with Crippen LogP contribution in [0.4, 0.5) is 11.4 Å². The summed E-state index contributed by atoms with van der Waals surface area (Å²) in [5, 5.41) is 23.3. The van der Waals surface area contributed by atoms with Gasteiger partial charge in [0.2, 0.25) is 0 Å². The summed E-state index contributed by atoms with van der Waals surface area (Å²) in [6.07, 6.45) is 0. The van der Waals surface area contributed by atoms with Gasteiger partial charge in [-0.25, -0.2) is 9.79 Å². The molecule has 4 aromatic rings. The monoisotopic (exact) mass is 486 g/mol. The lowest BCUT2D eigenvalue weighted by molar-refractivity contribution is -0.386. The number of ether oxygens (including phenoxy) is 1. The zero-order valence-corrected chi connectivity index (χ0v) is 20.1. The number of aromatic amines is 1. The Labute approximate surface area is 207 Å². The van der Waals surface area contributed by atoms with Crippen molar-refractivity contribution in [2.45, 2.75) is 26.3 Å². The molecule has 0 aliphatic carbocycles. The number of carbonyl (C=O) groups excluding carboxylic acids is 1. The Morgan fingerprint density at radius 3 is 2.47 bits per heavy atom. The fourth-order valence-corrected chi connectivity index (χ4v) is 4.04. The molecule has 1 heterocycles. The molecule has 0 bridgehead atoms. The Morgan fingerprint density at radius 1 is 1.11 bits per heavy atom. The second-order valence-corrected chi connectivity index (χ2v) is 8.84. The minimum atomic E-state index is -0.918. The number of hydrogen-bond acceptors (Lipinski definition) is 7. The van der Waals surface area contributed by atoms with Crippen LogP contribution in [0.2, 0.25) is 0 Å². The van der Waals surface area contributed by atoms with Gasteiger partial charge in [0.1, 0.15) is 0 Å². The summed E-state index contributed by atoms with van der Waals surface area (Å²) < 4.78 is 5.07. The van der Waals surface area contributed by atoms with Gasteiger partial charge in [0, 0.05) is 33.6 Å². The Balaban J connectivity index is 1.92. The van der Waals surface area contributed by atoms with Gasteiger partial charge < -0.3 is 20.6 Å². The molecule has 4 N–H and O–H groups in total. The maximum Gasteiger partial charge on any atom is 0.338 e. The maximum atomic E-state index is 12.2. The highest BCUT2D eigenvalue weighted by atomic mass is 16.6. The summed E-state index contributed by atoms with van der Waals surface area (Å²) in [5.41, 5.74) is 8.13. The van der Waals surface area contributed by atoms with Gasteiger partial charge in [-0.3, -0.25) is 10.1 Å². The van der Waals surface area contributed by atoms with E-state index in [-0.39, 0.29) is 18.2 Å². The van der Waals surface area contributed by atoms with E-state index in [0.717, 1.165) is 0 Å². The van der Waals surface area contributed by atoms with Crippen molar-refractivity contribution in [2.75, 3.05) is 6.61 Å². The normalized spacial score (nSPS) is 12.1. The molecule has 9 heteroatoms. The number of benzene rings is 3. The first-order valence-corrected chi connectivity index (χ1v) is 11.3. The standard InChI is InChI=1S/C27H26N4O5/c1-4-36-26(33)17-10-12-19-21(14-17)30-25(32)23(19)24(16-8-6-5-7-9-16)29-18-11-13-20(27(2,3)28)22(15-18)31(34)35/h5-15,30,32H,4,28H2,1-3H3. The number of aliphatic imine (C=N–C) groups is 1. The summed E-state index contributed by atoms with van der Waals surface area (Å²) >= 11 is 0. The van der Waals surface area contributed by atoms with Crippen molar-refractivity contribution in [3.05, 3.63) is 99.1 Å². The van der Waals surface area contributed by atoms with Crippen LogP contribution >= 0.6 is 0 Å². The number of hydrogen-bond donors (Lipinski definition) is 3. The fraction of sp³-hybridized carbons (Fsp3) is 0.185. The topological polar surface area (TPSA) is 144 Å². The number of nitrogens with two attached hydrogens (primary N) is 1. The van der Waals surface area contributed by atoms with Crippen LogP contribution in [0.15, 0.2) is 71.7 Å². The number of nitro groups is 1. The first-order valence-electron chi connectivity index (χ1n) is 11.3. The van der Waals surface area contributed by atoms with Crippen LogP contribution < -0.4 is 5.73 Å². The highest BCUT2D eigenvalue weighted by Gasteiger charge is 2.26. The fourth-order valence-electron chi connectivity index (χ4n) is 4.04. The van der Waals surface area contributed by atoms with E-state index in [9.17, 15) is 20.0 Å². The summed E-state index contributed by atoms with van der Waals surface area (Å²) in [6.45, 7) is 5.36. The molecule has 0 saturated carbocycles. The van der Waals surface area contributed by atoms with Gasteiger partial charge in [0.25, 0.3) is 5.69 Å². The number of esters is 1. The second-order valence-electron chi connectivity index (χ2n) is 8.84. The van der Waals surface area contributed by atoms with E-state index in [0.29, 0.717) is 44.6 Å². The summed E-state index contributed by atoms with van der Waals surface area (Å²) in [6, 6.07) is 18.7. The number of nitrogens with zero attached hydrogens (tertiary/aromatic N) is 2. The van der Waals surface area contributed by atoms with Crippen LogP contribution in [-0.2, 0) is 10.3 Å². The molecule has 0 atom stereocenters. The van der Waals surface area contributed by atoms with E-state index in [1.54, 1.807) is 51.1 Å². The molecule has 0 aliphatic rings. The van der Waals surface area contributed by atoms with Gasteiger partial charge in [-0.15, -0.1) is 0 Å². The van der Waals surface area contributed by atoms with Crippen LogP contribution in [0, 0.1) is 10.1 Å². The largest absolute Gasteiger partial charge is 0.494 e. The van der Waals surface area contributed by atoms with Gasteiger partial charge in [0.05, 0.1) is 34.1 Å². The summed E-state index contributed by atoms with van der Waals surface area (Å²) in [7, 11) is 0. The van der Waals surface area contributed by atoms with Crippen molar-refractivity contribution in [3.63, 3.8) is 0 Å². The highest BCUT2D eigenvalue weighted by molar-refractivity contribution is 6.22. The van der Waals surface area contributed by atoms with Crippen molar-refractivity contribution in [1.82, 2.24) is 4.98 Å². The molecule has 0 amide bonds. The van der Waals surface area contributed by atoms with Crippen molar-refractivity contribution in [2.24, 2.45) is 10.7 Å². The number of carbonyl (C=O) groups is 1. The lowest BCUT2D eigenvalue weighted by Gasteiger charge is -2.19. The Bertz CT molecular complexity index is 1480. The molecule has 0 aliphatic heterocycles. The Kier molecular flexibility index (Phi) is 6.59. The SMILES string of the molecule is CCOC(=O)c1ccc2c(C(=Nc3ccc(C(C)(C)N)c([N+](=O)[O-])c3)c3ccccc3)c(O)[nH]c2c1. The van der Waals surface area contributed by atoms with Gasteiger partial charge >= 0.3 is 5.97 Å². The van der Waals surface area contributed by atoms with Gasteiger partial charge in [0.15, 0.2) is 5.88 Å². The number of nitro benzene ring substituents is 1. The van der Waals surface area contributed by atoms with E-state index >= 15 is 0 Å². The van der Waals surface area contributed by atoms with E-state index in [2.05, 4.69) is 4.98 Å². The second kappa shape index (κ2) is 9.63. The molecule has 184 valence electrons. The average Bonchev–Trinajstić information content (AvgIpc) is 3.17. The van der Waals surface area contributed by atoms with Crippen molar-refractivity contribution >= 4 is 34.0 Å². The third kappa shape index (κ3) is 4.82. The molecule has 9 nitrogen and oxygen atoms in total. The average molecular weight is 487 g/mol. The number of aromatic hydroxyl groups is 1. The molecular formula is C27H26N4O5. The minimum Gasteiger partial charge on any atom is -0.494 e. The lowest BCUT2D eigenvalue weighted by Crippen LogP contribution is -2.29. The summed E-state index contributed by atoms with van der Waals surface area (Å²) in [4.78, 5) is 31.1. The zero-order valence-electron chi connectivity index (χ0n) is 20.1. The number of nitrogens with one attached hydrogen (secondary N) is 1. The number of aromatic nitrogens is 1. The highest BCUT2D eigenvalue weighted by Crippen LogP contribution is 2.35. The molecular weight excluding hydrogens is 460 g/mol. The van der Waals surface area contributed by atoms with Crippen LogP contribution in [0.25, 0.3) is 10.9 Å². The van der Waals surface area contributed by atoms with Crippen LogP contribution in [-0.4, -0.2) is 33.3 Å². The molecule has 3 aromatic carbocycles. The van der Waals surface area contributed by atoms with Gasteiger partial charge in [-0.2, -0.15) is 0 Å². The molecule has 0 fully saturated rings. The van der Waals surface area contributed by atoms with Crippen LogP contribution in [0.3, 0.4) is 0 Å². The predicted molar refractivity (Wildman–Crippen MR) is 138 cm³/mol. The lowest BCUT2D eigenvalue weighted by atomic mass is 9.93. The number of H-pyrrole nitrogens is 1. The maximum absolute atomic E-state index is 12.2. The number of fused-ring (bicyclic) bond motifs is 1. The van der Waals surface area contributed by atoms with Crippen LogP contribution in [0.1, 0.15) is 47.8 Å². The quantitative estimate of drug-likeness (QED) is 0.140. The Morgan fingerprint density at radius 2 is 1.83 bits per heavy atom. The Hall–Kier alpha value is -4.50. The van der Waals surface area contributed by atoms with E-state index < -0.39 is 16.4 Å². The molecule has 0 saturated heterocycles. The van der Waals surface area contributed by atoms with Gasteiger partial charge in [-0.05, 0) is 45.0 Å². The van der Waals surface area contributed by atoms with E-state index in [4.69, 9.17) is 15.5 Å². The summed E-state index contributed by atoms with van der Waals surface area (Å²) in [5.74, 6) is -0.620. The molecule has 4 rings (SSSR count). The van der Waals surface area contributed by atoms with Crippen molar-refractivity contribution in [1.29, 1.82) is 0 Å². The van der Waals surface area contributed by atoms with Crippen LogP contribution in [0.5, 0.6) is 5.88 Å². The molecule has 1 aromatic heterocycles. The zero-order chi connectivity index (χ0) is 26.0. The van der Waals surface area contributed by atoms with E-state index in [1.165, 1.54) is 6.07 Å². The van der Waals surface area contributed by atoms with Crippen molar-refractivity contribution in [3.8, 4) is 5.88 Å². The molecule has 0 spiro atoms.